The SMILES string of the molecule is CN1C2CCC1CN(C1(CN)CCCC1)CC2. The van der Waals surface area contributed by atoms with Gasteiger partial charge in [0.15, 0.2) is 0 Å². The van der Waals surface area contributed by atoms with Crippen LogP contribution in [0, 0.1) is 0 Å². The Labute approximate surface area is 105 Å². The molecule has 3 heteroatoms. The highest BCUT2D eigenvalue weighted by atomic mass is 15.3. The van der Waals surface area contributed by atoms with Gasteiger partial charge in [-0.05, 0) is 39.2 Å². The highest BCUT2D eigenvalue weighted by Gasteiger charge is 2.43. The average Bonchev–Trinajstić information content (AvgIpc) is 2.87. The molecule has 2 unspecified atom stereocenters. The zero-order chi connectivity index (χ0) is 11.9. The summed E-state index contributed by atoms with van der Waals surface area (Å²) in [6, 6.07) is 1.65. The summed E-state index contributed by atoms with van der Waals surface area (Å²) in [4.78, 5) is 5.40. The van der Waals surface area contributed by atoms with Gasteiger partial charge in [-0.25, -0.2) is 0 Å². The fourth-order valence-electron chi connectivity index (χ4n) is 4.42. The smallest absolute Gasteiger partial charge is 0.0332 e. The number of fused-ring (bicyclic) bond motifs is 2. The predicted molar refractivity (Wildman–Crippen MR) is 71.0 cm³/mol. The minimum atomic E-state index is 0.366. The standard InChI is InChI=1S/C14H27N3/c1-16-12-4-5-13(16)10-17(9-6-12)14(11-15)7-2-3-8-14/h12-13H,2-11,15H2,1H3. The zero-order valence-electron chi connectivity index (χ0n) is 11.2. The van der Waals surface area contributed by atoms with E-state index < -0.39 is 0 Å². The molecule has 3 rings (SSSR count). The second-order valence-electron chi connectivity index (χ2n) is 6.42. The fraction of sp³-hybridized carbons (Fsp3) is 1.00. The highest BCUT2D eigenvalue weighted by Crippen LogP contribution is 2.38. The molecule has 0 aromatic heterocycles. The quantitative estimate of drug-likeness (QED) is 0.788. The van der Waals surface area contributed by atoms with Crippen molar-refractivity contribution < 1.29 is 0 Å². The van der Waals surface area contributed by atoms with Crippen molar-refractivity contribution in [2.75, 3.05) is 26.7 Å². The second kappa shape index (κ2) is 4.52. The van der Waals surface area contributed by atoms with Crippen LogP contribution in [0.15, 0.2) is 0 Å². The van der Waals surface area contributed by atoms with Crippen LogP contribution in [0.1, 0.15) is 44.9 Å². The Morgan fingerprint density at radius 1 is 1.12 bits per heavy atom. The first-order valence-corrected chi connectivity index (χ1v) is 7.42. The lowest BCUT2D eigenvalue weighted by Crippen LogP contribution is -2.54. The van der Waals surface area contributed by atoms with Crippen LogP contribution in [-0.2, 0) is 0 Å². The number of likely N-dealkylation sites (N-methyl/N-ethyl adjacent to an activating group) is 1. The molecule has 0 radical (unpaired) electrons. The molecule has 0 amide bonds. The Bertz CT molecular complexity index is 273. The van der Waals surface area contributed by atoms with Gasteiger partial charge in [-0.1, -0.05) is 12.8 Å². The Kier molecular flexibility index (Phi) is 3.18. The van der Waals surface area contributed by atoms with E-state index in [0.29, 0.717) is 5.54 Å². The van der Waals surface area contributed by atoms with E-state index in [1.807, 2.05) is 0 Å². The molecule has 2 aliphatic heterocycles. The first kappa shape index (κ1) is 11.9. The molecule has 2 atom stereocenters. The van der Waals surface area contributed by atoms with Crippen LogP contribution < -0.4 is 5.73 Å². The summed E-state index contributed by atoms with van der Waals surface area (Å²) in [5.41, 5.74) is 6.49. The molecular weight excluding hydrogens is 210 g/mol. The maximum Gasteiger partial charge on any atom is 0.0332 e. The Morgan fingerprint density at radius 2 is 1.82 bits per heavy atom. The maximum atomic E-state index is 6.13. The van der Waals surface area contributed by atoms with E-state index in [0.717, 1.165) is 18.6 Å². The van der Waals surface area contributed by atoms with Gasteiger partial charge in [0, 0.05) is 37.3 Å². The van der Waals surface area contributed by atoms with Gasteiger partial charge in [0.25, 0.3) is 0 Å². The average molecular weight is 237 g/mol. The van der Waals surface area contributed by atoms with E-state index in [1.54, 1.807) is 0 Å². The third kappa shape index (κ3) is 1.92. The number of nitrogens with zero attached hydrogens (tertiary/aromatic N) is 2. The van der Waals surface area contributed by atoms with Crippen LogP contribution in [-0.4, -0.2) is 54.1 Å². The van der Waals surface area contributed by atoms with Crippen LogP contribution in [0.25, 0.3) is 0 Å². The van der Waals surface area contributed by atoms with Gasteiger partial charge in [-0.3, -0.25) is 9.80 Å². The van der Waals surface area contributed by atoms with Gasteiger partial charge in [-0.15, -0.1) is 0 Å². The van der Waals surface area contributed by atoms with Gasteiger partial charge in [0.05, 0.1) is 0 Å². The molecule has 17 heavy (non-hydrogen) atoms. The predicted octanol–water partition coefficient (Wildman–Crippen LogP) is 1.43. The Hall–Kier alpha value is -0.120. The third-order valence-electron chi connectivity index (χ3n) is 5.73. The van der Waals surface area contributed by atoms with Crippen molar-refractivity contribution in [2.24, 2.45) is 5.73 Å². The monoisotopic (exact) mass is 237 g/mol. The molecule has 0 aromatic rings. The van der Waals surface area contributed by atoms with E-state index >= 15 is 0 Å². The van der Waals surface area contributed by atoms with E-state index in [2.05, 4.69) is 16.8 Å². The zero-order valence-corrected chi connectivity index (χ0v) is 11.2. The van der Waals surface area contributed by atoms with Crippen LogP contribution in [0.3, 0.4) is 0 Å². The van der Waals surface area contributed by atoms with E-state index in [4.69, 9.17) is 5.73 Å². The van der Waals surface area contributed by atoms with E-state index in [1.165, 1.54) is 58.0 Å². The highest BCUT2D eigenvalue weighted by molar-refractivity contribution is 5.01. The molecule has 0 spiro atoms. The van der Waals surface area contributed by atoms with Gasteiger partial charge in [-0.2, -0.15) is 0 Å². The fourth-order valence-corrected chi connectivity index (χ4v) is 4.42. The number of rotatable bonds is 2. The van der Waals surface area contributed by atoms with Gasteiger partial charge >= 0.3 is 0 Å². The van der Waals surface area contributed by atoms with Crippen molar-refractivity contribution in [1.82, 2.24) is 9.80 Å². The van der Waals surface area contributed by atoms with Gasteiger partial charge in [0.2, 0.25) is 0 Å². The van der Waals surface area contributed by atoms with E-state index in [-0.39, 0.29) is 0 Å². The number of likely N-dealkylation sites (tertiary alicyclic amines) is 1. The van der Waals surface area contributed by atoms with Crippen LogP contribution in [0.5, 0.6) is 0 Å². The van der Waals surface area contributed by atoms with Crippen molar-refractivity contribution in [1.29, 1.82) is 0 Å². The van der Waals surface area contributed by atoms with Gasteiger partial charge in [0.1, 0.15) is 0 Å². The number of hydrogen-bond acceptors (Lipinski definition) is 3. The van der Waals surface area contributed by atoms with Gasteiger partial charge < -0.3 is 5.73 Å². The molecule has 1 aliphatic carbocycles. The Morgan fingerprint density at radius 3 is 2.53 bits per heavy atom. The van der Waals surface area contributed by atoms with Crippen molar-refractivity contribution in [3.63, 3.8) is 0 Å². The molecule has 3 nitrogen and oxygen atoms in total. The summed E-state index contributed by atoms with van der Waals surface area (Å²) >= 11 is 0. The summed E-state index contributed by atoms with van der Waals surface area (Å²) in [6.45, 7) is 3.42. The van der Waals surface area contributed by atoms with Crippen molar-refractivity contribution >= 4 is 0 Å². The number of hydrogen-bond donors (Lipinski definition) is 1. The summed E-state index contributed by atoms with van der Waals surface area (Å²) in [7, 11) is 2.33. The molecule has 0 aromatic carbocycles. The second-order valence-corrected chi connectivity index (χ2v) is 6.42. The molecule has 3 aliphatic rings. The lowest BCUT2D eigenvalue weighted by atomic mass is 9.93. The molecule has 2 saturated heterocycles. The first-order valence-electron chi connectivity index (χ1n) is 7.42. The van der Waals surface area contributed by atoms with Crippen LogP contribution in [0.2, 0.25) is 0 Å². The lowest BCUT2D eigenvalue weighted by molar-refractivity contribution is 0.0873. The first-order chi connectivity index (χ1) is 8.25. The summed E-state index contributed by atoms with van der Waals surface area (Å²) in [6.07, 6.45) is 9.63. The molecule has 2 heterocycles. The molecule has 98 valence electrons. The topological polar surface area (TPSA) is 32.5 Å². The summed E-state index contributed by atoms with van der Waals surface area (Å²) in [5.74, 6) is 0. The normalized spacial score (nSPS) is 38.5. The van der Waals surface area contributed by atoms with Crippen LogP contribution in [0.4, 0.5) is 0 Å². The molecule has 1 saturated carbocycles. The maximum absolute atomic E-state index is 6.13. The third-order valence-corrected chi connectivity index (χ3v) is 5.73. The molecule has 3 fully saturated rings. The molecular formula is C14H27N3. The van der Waals surface area contributed by atoms with E-state index in [9.17, 15) is 0 Å². The summed E-state index contributed by atoms with van der Waals surface area (Å²) < 4.78 is 0. The molecule has 2 bridgehead atoms. The lowest BCUT2D eigenvalue weighted by Gasteiger charge is -2.41. The molecule has 2 N–H and O–H groups in total. The number of nitrogens with two attached hydrogens (primary N) is 1. The van der Waals surface area contributed by atoms with Crippen molar-refractivity contribution in [2.45, 2.75) is 62.6 Å². The Balaban J connectivity index is 1.76. The van der Waals surface area contributed by atoms with Crippen molar-refractivity contribution in [3.8, 4) is 0 Å². The van der Waals surface area contributed by atoms with Crippen molar-refractivity contribution in [3.05, 3.63) is 0 Å². The largest absolute Gasteiger partial charge is 0.329 e. The summed E-state index contributed by atoms with van der Waals surface area (Å²) in [5, 5.41) is 0. The minimum absolute atomic E-state index is 0.366. The van der Waals surface area contributed by atoms with Crippen LogP contribution >= 0.6 is 0 Å². The minimum Gasteiger partial charge on any atom is -0.329 e.